The summed E-state index contributed by atoms with van der Waals surface area (Å²) < 4.78 is 10.3. The second-order valence-corrected chi connectivity index (χ2v) is 6.56. The third kappa shape index (κ3) is 4.26. The molecule has 0 aliphatic carbocycles. The smallest absolute Gasteiger partial charge is 0.344 e. The van der Waals surface area contributed by atoms with Gasteiger partial charge >= 0.3 is 5.97 Å². The van der Waals surface area contributed by atoms with Crippen molar-refractivity contribution >= 4 is 17.6 Å². The van der Waals surface area contributed by atoms with Gasteiger partial charge in [-0.05, 0) is 38.8 Å². The number of amides is 1. The van der Waals surface area contributed by atoms with Gasteiger partial charge < -0.3 is 14.6 Å². The zero-order chi connectivity index (χ0) is 18.7. The van der Waals surface area contributed by atoms with Crippen LogP contribution >= 0.6 is 0 Å². The number of benzene rings is 1. The van der Waals surface area contributed by atoms with Crippen molar-refractivity contribution in [3.63, 3.8) is 0 Å². The Balaban J connectivity index is 2.04. The van der Waals surface area contributed by atoms with Gasteiger partial charge in [0.15, 0.2) is 12.4 Å². The maximum atomic E-state index is 12.3. The summed E-state index contributed by atoms with van der Waals surface area (Å²) in [5.74, 6) is -0.526. The number of rotatable bonds is 5. The molecule has 134 valence electrons. The lowest BCUT2D eigenvalue weighted by Crippen LogP contribution is -2.22. The van der Waals surface area contributed by atoms with Crippen LogP contribution in [0.3, 0.4) is 0 Å². The SMILES string of the molecule is Cc1cc(C)c(NC(=O)COC(=O)c2c(C)noc2C(C)C)c(C)c1. The number of nitrogens with one attached hydrogen (secondary N) is 1. The van der Waals surface area contributed by atoms with Crippen LogP contribution < -0.4 is 5.32 Å². The van der Waals surface area contributed by atoms with Crippen molar-refractivity contribution < 1.29 is 18.8 Å². The van der Waals surface area contributed by atoms with Gasteiger partial charge in [-0.3, -0.25) is 4.79 Å². The Labute approximate surface area is 147 Å². The molecule has 0 bridgehead atoms. The Morgan fingerprint density at radius 1 is 1.16 bits per heavy atom. The number of carbonyl (C=O) groups is 2. The molecular weight excluding hydrogens is 320 g/mol. The van der Waals surface area contributed by atoms with E-state index in [1.165, 1.54) is 0 Å². The number of carbonyl (C=O) groups excluding carboxylic acids is 2. The maximum absolute atomic E-state index is 12.3. The van der Waals surface area contributed by atoms with Crippen LogP contribution in [-0.4, -0.2) is 23.6 Å². The molecule has 0 fully saturated rings. The Bertz CT molecular complexity index is 783. The summed E-state index contributed by atoms with van der Waals surface area (Å²) >= 11 is 0. The molecule has 2 aromatic rings. The molecule has 1 aromatic heterocycles. The van der Waals surface area contributed by atoms with E-state index >= 15 is 0 Å². The first-order valence-electron chi connectivity index (χ1n) is 8.21. The number of hydrogen-bond donors (Lipinski definition) is 1. The topological polar surface area (TPSA) is 81.4 Å². The van der Waals surface area contributed by atoms with Crippen LogP contribution in [0.2, 0.25) is 0 Å². The van der Waals surface area contributed by atoms with Crippen molar-refractivity contribution in [2.75, 3.05) is 11.9 Å². The largest absolute Gasteiger partial charge is 0.452 e. The number of aryl methyl sites for hydroxylation is 4. The molecule has 1 amide bonds. The van der Waals surface area contributed by atoms with Crippen LogP contribution in [0.25, 0.3) is 0 Å². The van der Waals surface area contributed by atoms with E-state index in [1.54, 1.807) is 6.92 Å². The van der Waals surface area contributed by atoms with Gasteiger partial charge in [-0.1, -0.05) is 36.7 Å². The molecule has 1 heterocycles. The van der Waals surface area contributed by atoms with Gasteiger partial charge in [-0.25, -0.2) is 4.79 Å². The molecule has 1 N–H and O–H groups in total. The van der Waals surface area contributed by atoms with Gasteiger partial charge in [0.25, 0.3) is 5.91 Å². The summed E-state index contributed by atoms with van der Waals surface area (Å²) in [4.78, 5) is 24.4. The molecule has 0 atom stereocenters. The molecule has 0 saturated carbocycles. The summed E-state index contributed by atoms with van der Waals surface area (Å²) in [7, 11) is 0. The van der Waals surface area contributed by atoms with Crippen LogP contribution in [0.4, 0.5) is 5.69 Å². The van der Waals surface area contributed by atoms with E-state index < -0.39 is 5.97 Å². The summed E-state index contributed by atoms with van der Waals surface area (Å²) in [6.07, 6.45) is 0. The molecular formula is C19H24N2O4. The van der Waals surface area contributed by atoms with Crippen molar-refractivity contribution in [3.05, 3.63) is 45.8 Å². The third-order valence-electron chi connectivity index (χ3n) is 3.89. The van der Waals surface area contributed by atoms with Crippen LogP contribution in [0.5, 0.6) is 0 Å². The lowest BCUT2D eigenvalue weighted by Gasteiger charge is -2.13. The van der Waals surface area contributed by atoms with Gasteiger partial charge in [0.1, 0.15) is 5.56 Å². The molecule has 0 aliphatic rings. The lowest BCUT2D eigenvalue weighted by molar-refractivity contribution is -0.119. The lowest BCUT2D eigenvalue weighted by atomic mass is 10.1. The molecule has 6 nitrogen and oxygen atoms in total. The summed E-state index contributed by atoms with van der Waals surface area (Å²) in [5, 5.41) is 6.61. The molecule has 0 spiro atoms. The molecule has 6 heteroatoms. The summed E-state index contributed by atoms with van der Waals surface area (Å²) in [5.41, 5.74) is 4.56. The number of hydrogen-bond acceptors (Lipinski definition) is 5. The van der Waals surface area contributed by atoms with E-state index in [-0.39, 0.29) is 18.4 Å². The van der Waals surface area contributed by atoms with Crippen molar-refractivity contribution in [1.82, 2.24) is 5.16 Å². The minimum atomic E-state index is -0.602. The van der Waals surface area contributed by atoms with Crippen molar-refractivity contribution in [2.24, 2.45) is 0 Å². The molecule has 0 saturated heterocycles. The van der Waals surface area contributed by atoms with Gasteiger partial charge in [0.2, 0.25) is 0 Å². The third-order valence-corrected chi connectivity index (χ3v) is 3.89. The van der Waals surface area contributed by atoms with Gasteiger partial charge in [-0.15, -0.1) is 0 Å². The fraction of sp³-hybridized carbons (Fsp3) is 0.421. The molecule has 0 unspecified atom stereocenters. The zero-order valence-corrected chi connectivity index (χ0v) is 15.5. The van der Waals surface area contributed by atoms with E-state index in [4.69, 9.17) is 9.26 Å². The average molecular weight is 344 g/mol. The second kappa shape index (κ2) is 7.51. The van der Waals surface area contributed by atoms with E-state index in [0.29, 0.717) is 17.0 Å². The Hall–Kier alpha value is -2.63. The Kier molecular flexibility index (Phi) is 5.62. The fourth-order valence-corrected chi connectivity index (χ4v) is 2.79. The standard InChI is InChI=1S/C19H24N2O4/c1-10(2)18-16(14(6)21-25-18)19(23)24-9-15(22)20-17-12(4)7-11(3)8-13(17)5/h7-8,10H,9H2,1-6H3,(H,20,22). The van der Waals surface area contributed by atoms with Crippen LogP contribution in [0.1, 0.15) is 58.3 Å². The predicted molar refractivity (Wildman–Crippen MR) is 94.9 cm³/mol. The number of ether oxygens (including phenoxy) is 1. The molecule has 0 radical (unpaired) electrons. The van der Waals surface area contributed by atoms with Crippen molar-refractivity contribution in [1.29, 1.82) is 0 Å². The quantitative estimate of drug-likeness (QED) is 0.834. The second-order valence-electron chi connectivity index (χ2n) is 6.56. The first-order valence-corrected chi connectivity index (χ1v) is 8.21. The monoisotopic (exact) mass is 344 g/mol. The normalized spacial score (nSPS) is 10.8. The molecule has 2 rings (SSSR count). The van der Waals surface area contributed by atoms with Crippen LogP contribution in [0.15, 0.2) is 16.7 Å². The Morgan fingerprint density at radius 2 is 1.76 bits per heavy atom. The predicted octanol–water partition coefficient (Wildman–Crippen LogP) is 3.83. The number of aromatic nitrogens is 1. The average Bonchev–Trinajstić information content (AvgIpc) is 2.90. The first-order chi connectivity index (χ1) is 11.7. The van der Waals surface area contributed by atoms with E-state index in [0.717, 1.165) is 22.4 Å². The number of esters is 1. The van der Waals surface area contributed by atoms with Crippen LogP contribution in [0, 0.1) is 27.7 Å². The maximum Gasteiger partial charge on any atom is 0.344 e. The molecule has 1 aromatic carbocycles. The van der Waals surface area contributed by atoms with Crippen molar-refractivity contribution in [2.45, 2.75) is 47.5 Å². The van der Waals surface area contributed by atoms with Crippen molar-refractivity contribution in [3.8, 4) is 0 Å². The highest BCUT2D eigenvalue weighted by molar-refractivity contribution is 5.97. The van der Waals surface area contributed by atoms with Gasteiger partial charge in [0, 0.05) is 11.6 Å². The highest BCUT2D eigenvalue weighted by atomic mass is 16.5. The number of nitrogens with zero attached hydrogens (tertiary/aromatic N) is 1. The zero-order valence-electron chi connectivity index (χ0n) is 15.5. The van der Waals surface area contributed by atoms with E-state index in [2.05, 4.69) is 10.5 Å². The number of anilines is 1. The highest BCUT2D eigenvalue weighted by Crippen LogP contribution is 2.24. The molecule has 0 aliphatic heterocycles. The minimum absolute atomic E-state index is 0.00423. The van der Waals surface area contributed by atoms with E-state index in [9.17, 15) is 9.59 Å². The first kappa shape index (κ1) is 18.7. The molecule has 25 heavy (non-hydrogen) atoms. The summed E-state index contributed by atoms with van der Waals surface area (Å²) in [6.45, 7) is 11.0. The van der Waals surface area contributed by atoms with E-state index in [1.807, 2.05) is 46.8 Å². The Morgan fingerprint density at radius 3 is 2.32 bits per heavy atom. The fourth-order valence-electron chi connectivity index (χ4n) is 2.79. The van der Waals surface area contributed by atoms with Gasteiger partial charge in [0.05, 0.1) is 5.69 Å². The summed E-state index contributed by atoms with van der Waals surface area (Å²) in [6, 6.07) is 3.98. The minimum Gasteiger partial charge on any atom is -0.452 e. The van der Waals surface area contributed by atoms with Gasteiger partial charge in [-0.2, -0.15) is 0 Å². The highest BCUT2D eigenvalue weighted by Gasteiger charge is 2.24. The van der Waals surface area contributed by atoms with Crippen LogP contribution in [-0.2, 0) is 9.53 Å².